The highest BCUT2D eigenvalue weighted by molar-refractivity contribution is 5.76. The summed E-state index contributed by atoms with van der Waals surface area (Å²) in [6, 6.07) is -0.375. The number of carbonyl (C=O) groups is 2. The lowest BCUT2D eigenvalue weighted by molar-refractivity contribution is -0.137. The van der Waals surface area contributed by atoms with Crippen molar-refractivity contribution < 1.29 is 14.7 Å². The number of amides is 2. The van der Waals surface area contributed by atoms with E-state index >= 15 is 0 Å². The van der Waals surface area contributed by atoms with E-state index in [2.05, 4.69) is 5.32 Å². The summed E-state index contributed by atoms with van der Waals surface area (Å²) in [5, 5.41) is 11.4. The zero-order valence-corrected chi connectivity index (χ0v) is 9.74. The van der Waals surface area contributed by atoms with E-state index in [9.17, 15) is 9.59 Å². The number of nitrogens with zero attached hydrogens (tertiary/aromatic N) is 1. The molecule has 0 aliphatic carbocycles. The van der Waals surface area contributed by atoms with Crippen LogP contribution in [0.1, 0.15) is 39.0 Å². The molecule has 1 unspecified atom stereocenters. The second-order valence-corrected chi connectivity index (χ2v) is 4.20. The molecule has 1 saturated heterocycles. The molecule has 0 aromatic rings. The van der Waals surface area contributed by atoms with Crippen molar-refractivity contribution in [3.8, 4) is 0 Å². The summed E-state index contributed by atoms with van der Waals surface area (Å²) in [6.07, 6.45) is 3.91. The highest BCUT2D eigenvalue weighted by atomic mass is 16.4. The maximum Gasteiger partial charge on any atom is 0.317 e. The minimum Gasteiger partial charge on any atom is -0.481 e. The molecule has 0 spiro atoms. The van der Waals surface area contributed by atoms with E-state index in [1.54, 1.807) is 4.90 Å². The van der Waals surface area contributed by atoms with E-state index in [-0.39, 0.29) is 18.5 Å². The highest BCUT2D eigenvalue weighted by Gasteiger charge is 2.20. The normalized spacial score (nSPS) is 17.9. The van der Waals surface area contributed by atoms with Crippen molar-refractivity contribution in [2.45, 2.75) is 45.1 Å². The van der Waals surface area contributed by atoms with Crippen molar-refractivity contribution in [2.24, 2.45) is 0 Å². The highest BCUT2D eigenvalue weighted by Crippen LogP contribution is 2.09. The number of carboxylic acids is 1. The fourth-order valence-corrected chi connectivity index (χ4v) is 1.87. The first-order valence-corrected chi connectivity index (χ1v) is 5.90. The molecular formula is C11H20N2O3. The molecule has 1 aliphatic heterocycles. The Labute approximate surface area is 95.8 Å². The summed E-state index contributed by atoms with van der Waals surface area (Å²) in [7, 11) is 0. The molecule has 5 nitrogen and oxygen atoms in total. The predicted octanol–water partition coefficient (Wildman–Crippen LogP) is 1.44. The van der Waals surface area contributed by atoms with Crippen LogP contribution < -0.4 is 5.32 Å². The van der Waals surface area contributed by atoms with Gasteiger partial charge < -0.3 is 15.3 Å². The molecule has 0 saturated carbocycles. The van der Waals surface area contributed by atoms with Gasteiger partial charge in [-0.1, -0.05) is 6.92 Å². The van der Waals surface area contributed by atoms with E-state index in [0.717, 1.165) is 25.9 Å². The third-order valence-corrected chi connectivity index (χ3v) is 2.88. The van der Waals surface area contributed by atoms with Crippen molar-refractivity contribution in [1.29, 1.82) is 0 Å². The summed E-state index contributed by atoms with van der Waals surface area (Å²) in [5.74, 6) is -0.870. The quantitative estimate of drug-likeness (QED) is 0.764. The van der Waals surface area contributed by atoms with Gasteiger partial charge in [0.25, 0.3) is 0 Å². The molecule has 1 atom stereocenters. The SMILES string of the molecule is CCC(CC(=O)O)NC(=O)N1CCCCC1. The van der Waals surface area contributed by atoms with E-state index in [1.807, 2.05) is 6.92 Å². The van der Waals surface area contributed by atoms with Gasteiger partial charge in [-0.3, -0.25) is 4.79 Å². The first kappa shape index (κ1) is 12.8. The third-order valence-electron chi connectivity index (χ3n) is 2.88. The van der Waals surface area contributed by atoms with Crippen molar-refractivity contribution in [3.63, 3.8) is 0 Å². The second-order valence-electron chi connectivity index (χ2n) is 4.20. The van der Waals surface area contributed by atoms with Gasteiger partial charge in [0, 0.05) is 19.1 Å². The number of aliphatic carboxylic acids is 1. The summed E-state index contributed by atoms with van der Waals surface area (Å²) < 4.78 is 0. The van der Waals surface area contributed by atoms with Gasteiger partial charge >= 0.3 is 12.0 Å². The van der Waals surface area contributed by atoms with Crippen LogP contribution in [0.25, 0.3) is 0 Å². The van der Waals surface area contributed by atoms with Crippen LogP contribution in [-0.4, -0.2) is 41.1 Å². The fraction of sp³-hybridized carbons (Fsp3) is 0.818. The number of hydrogen-bond donors (Lipinski definition) is 2. The molecule has 1 heterocycles. The van der Waals surface area contributed by atoms with E-state index in [1.165, 1.54) is 6.42 Å². The van der Waals surface area contributed by atoms with Crippen LogP contribution in [0.2, 0.25) is 0 Å². The molecule has 2 N–H and O–H groups in total. The summed E-state index contributed by atoms with van der Waals surface area (Å²) in [5.41, 5.74) is 0. The number of hydrogen-bond acceptors (Lipinski definition) is 2. The lowest BCUT2D eigenvalue weighted by Crippen LogP contribution is -2.47. The molecule has 0 radical (unpaired) electrons. The first-order valence-electron chi connectivity index (χ1n) is 5.90. The Bertz CT molecular complexity index is 250. The molecule has 1 fully saturated rings. The van der Waals surface area contributed by atoms with Crippen molar-refractivity contribution in [3.05, 3.63) is 0 Å². The maximum atomic E-state index is 11.8. The molecule has 0 aromatic carbocycles. The van der Waals surface area contributed by atoms with E-state index < -0.39 is 5.97 Å². The smallest absolute Gasteiger partial charge is 0.317 e. The maximum absolute atomic E-state index is 11.8. The zero-order valence-electron chi connectivity index (χ0n) is 9.74. The predicted molar refractivity (Wildman–Crippen MR) is 60.3 cm³/mol. The number of rotatable bonds is 4. The molecule has 0 aromatic heterocycles. The number of urea groups is 1. The van der Waals surface area contributed by atoms with Crippen LogP contribution in [-0.2, 0) is 4.79 Å². The van der Waals surface area contributed by atoms with Crippen molar-refractivity contribution >= 4 is 12.0 Å². The van der Waals surface area contributed by atoms with Gasteiger partial charge in [0.1, 0.15) is 0 Å². The van der Waals surface area contributed by atoms with Crippen LogP contribution in [0.5, 0.6) is 0 Å². The van der Waals surface area contributed by atoms with Gasteiger partial charge in [0.2, 0.25) is 0 Å². The third kappa shape index (κ3) is 4.08. The fourth-order valence-electron chi connectivity index (χ4n) is 1.87. The molecule has 16 heavy (non-hydrogen) atoms. The van der Waals surface area contributed by atoms with Gasteiger partial charge in [-0.05, 0) is 25.7 Å². The number of carbonyl (C=O) groups excluding carboxylic acids is 1. The van der Waals surface area contributed by atoms with E-state index in [0.29, 0.717) is 6.42 Å². The Balaban J connectivity index is 2.38. The molecule has 1 aliphatic rings. The second kappa shape index (κ2) is 6.35. The molecule has 1 rings (SSSR count). The Hall–Kier alpha value is -1.26. The number of piperidine rings is 1. The van der Waals surface area contributed by atoms with Gasteiger partial charge in [0.05, 0.1) is 6.42 Å². The molecular weight excluding hydrogens is 208 g/mol. The topological polar surface area (TPSA) is 69.6 Å². The minimum absolute atomic E-state index is 0.00389. The zero-order chi connectivity index (χ0) is 12.0. The Morgan fingerprint density at radius 2 is 1.94 bits per heavy atom. The Morgan fingerprint density at radius 1 is 1.31 bits per heavy atom. The lowest BCUT2D eigenvalue weighted by Gasteiger charge is -2.28. The van der Waals surface area contributed by atoms with Gasteiger partial charge in [-0.25, -0.2) is 4.79 Å². The van der Waals surface area contributed by atoms with Gasteiger partial charge in [0.15, 0.2) is 0 Å². The molecule has 5 heteroatoms. The number of likely N-dealkylation sites (tertiary alicyclic amines) is 1. The molecule has 0 bridgehead atoms. The number of nitrogens with one attached hydrogen (secondary N) is 1. The van der Waals surface area contributed by atoms with Gasteiger partial charge in [-0.15, -0.1) is 0 Å². The van der Waals surface area contributed by atoms with Crippen molar-refractivity contribution in [1.82, 2.24) is 10.2 Å². The van der Waals surface area contributed by atoms with Gasteiger partial charge in [-0.2, -0.15) is 0 Å². The molecule has 92 valence electrons. The first-order chi connectivity index (χ1) is 7.63. The van der Waals surface area contributed by atoms with Crippen molar-refractivity contribution in [2.75, 3.05) is 13.1 Å². The van der Waals surface area contributed by atoms with Crippen LogP contribution in [0.4, 0.5) is 4.79 Å². The largest absolute Gasteiger partial charge is 0.481 e. The summed E-state index contributed by atoms with van der Waals surface area (Å²) in [4.78, 5) is 24.1. The van der Waals surface area contributed by atoms with Crippen LogP contribution in [0.3, 0.4) is 0 Å². The Morgan fingerprint density at radius 3 is 2.44 bits per heavy atom. The van der Waals surface area contributed by atoms with Crippen LogP contribution >= 0.6 is 0 Å². The minimum atomic E-state index is -0.870. The number of carboxylic acid groups (broad SMARTS) is 1. The lowest BCUT2D eigenvalue weighted by atomic mass is 10.1. The van der Waals surface area contributed by atoms with E-state index in [4.69, 9.17) is 5.11 Å². The summed E-state index contributed by atoms with van der Waals surface area (Å²) in [6.45, 7) is 3.45. The average molecular weight is 228 g/mol. The monoisotopic (exact) mass is 228 g/mol. The van der Waals surface area contributed by atoms with Crippen LogP contribution in [0, 0.1) is 0 Å². The summed E-state index contributed by atoms with van der Waals surface area (Å²) >= 11 is 0. The average Bonchev–Trinajstić information content (AvgIpc) is 2.28. The molecule has 2 amide bonds. The standard InChI is InChI=1S/C11H20N2O3/c1-2-9(8-10(14)15)12-11(16)13-6-4-3-5-7-13/h9H,2-8H2,1H3,(H,12,16)(H,14,15). The Kier molecular flexibility index (Phi) is 5.08. The van der Waals surface area contributed by atoms with Crippen LogP contribution in [0.15, 0.2) is 0 Å².